The molecular weight excluding hydrogens is 230 g/mol. The molecule has 1 atom stereocenters. The fourth-order valence-corrected chi connectivity index (χ4v) is 2.51. The number of hydrogen-bond donors (Lipinski definition) is 2. The highest BCUT2D eigenvalue weighted by Gasteiger charge is 2.19. The van der Waals surface area contributed by atoms with Crippen LogP contribution in [0.25, 0.3) is 0 Å². The summed E-state index contributed by atoms with van der Waals surface area (Å²) >= 11 is 0. The van der Waals surface area contributed by atoms with E-state index in [2.05, 4.69) is 5.32 Å². The molecule has 104 valence electrons. The van der Waals surface area contributed by atoms with Crippen molar-refractivity contribution in [2.24, 2.45) is 11.8 Å². The van der Waals surface area contributed by atoms with Crippen LogP contribution in [0.2, 0.25) is 0 Å². The van der Waals surface area contributed by atoms with E-state index in [4.69, 9.17) is 5.11 Å². The summed E-state index contributed by atoms with van der Waals surface area (Å²) in [5.41, 5.74) is 0. The molecular formula is C14H25NO3. The highest BCUT2D eigenvalue weighted by molar-refractivity contribution is 5.78. The van der Waals surface area contributed by atoms with Crippen LogP contribution >= 0.6 is 0 Å². The Hall–Kier alpha value is -1.06. The van der Waals surface area contributed by atoms with Crippen LogP contribution in [0.15, 0.2) is 0 Å². The average Bonchev–Trinajstić information content (AvgIpc) is 2.24. The molecule has 0 spiro atoms. The summed E-state index contributed by atoms with van der Waals surface area (Å²) in [6.45, 7) is 2.33. The van der Waals surface area contributed by atoms with Crippen LogP contribution in [0.5, 0.6) is 0 Å². The third-order valence-corrected chi connectivity index (χ3v) is 3.62. The summed E-state index contributed by atoms with van der Waals surface area (Å²) in [7, 11) is 0. The van der Waals surface area contributed by atoms with Crippen molar-refractivity contribution in [3.05, 3.63) is 0 Å². The molecule has 1 fully saturated rings. The summed E-state index contributed by atoms with van der Waals surface area (Å²) in [6.07, 6.45) is 8.14. The lowest BCUT2D eigenvalue weighted by Gasteiger charge is -2.20. The summed E-state index contributed by atoms with van der Waals surface area (Å²) < 4.78 is 0. The van der Waals surface area contributed by atoms with Crippen molar-refractivity contribution in [3.8, 4) is 0 Å². The molecule has 1 aliphatic rings. The normalized spacial score (nSPS) is 19.6. The van der Waals surface area contributed by atoms with E-state index in [-0.39, 0.29) is 24.2 Å². The van der Waals surface area contributed by atoms with Gasteiger partial charge in [-0.3, -0.25) is 9.59 Å². The van der Waals surface area contributed by atoms with Gasteiger partial charge in [0, 0.05) is 18.9 Å². The van der Waals surface area contributed by atoms with Crippen molar-refractivity contribution in [3.63, 3.8) is 0 Å². The molecule has 4 heteroatoms. The van der Waals surface area contributed by atoms with E-state index in [1.54, 1.807) is 0 Å². The average molecular weight is 255 g/mol. The third kappa shape index (κ3) is 6.03. The molecule has 1 aliphatic carbocycles. The summed E-state index contributed by atoms with van der Waals surface area (Å²) in [5.74, 6) is -0.542. The van der Waals surface area contributed by atoms with Gasteiger partial charge in [0.05, 0.1) is 0 Å². The molecule has 0 aliphatic heterocycles. The standard InChI is InChI=1S/C14H25NO3/c1-11(9-13(16)17)10-15-14(18)12-7-5-3-2-4-6-8-12/h11-12H,2-10H2,1H3,(H,15,18)(H,16,17). The highest BCUT2D eigenvalue weighted by Crippen LogP contribution is 2.22. The second kappa shape index (κ2) is 8.11. The monoisotopic (exact) mass is 255 g/mol. The van der Waals surface area contributed by atoms with Crippen molar-refractivity contribution in [2.45, 2.75) is 58.3 Å². The van der Waals surface area contributed by atoms with Crippen molar-refractivity contribution in [1.82, 2.24) is 5.32 Å². The SMILES string of the molecule is CC(CNC(=O)C1CCCCCCC1)CC(=O)O. The van der Waals surface area contributed by atoms with Gasteiger partial charge in [0.2, 0.25) is 5.91 Å². The smallest absolute Gasteiger partial charge is 0.303 e. The van der Waals surface area contributed by atoms with Gasteiger partial charge in [0.1, 0.15) is 0 Å². The van der Waals surface area contributed by atoms with Gasteiger partial charge in [0.15, 0.2) is 0 Å². The molecule has 18 heavy (non-hydrogen) atoms. The van der Waals surface area contributed by atoms with Crippen molar-refractivity contribution < 1.29 is 14.7 Å². The number of amides is 1. The maximum absolute atomic E-state index is 12.0. The summed E-state index contributed by atoms with van der Waals surface area (Å²) in [4.78, 5) is 22.5. The molecule has 4 nitrogen and oxygen atoms in total. The lowest BCUT2D eigenvalue weighted by Crippen LogP contribution is -2.34. The minimum Gasteiger partial charge on any atom is -0.481 e. The van der Waals surface area contributed by atoms with Crippen LogP contribution in [0.3, 0.4) is 0 Å². The predicted octanol–water partition coefficient (Wildman–Crippen LogP) is 2.57. The van der Waals surface area contributed by atoms with Gasteiger partial charge in [-0.15, -0.1) is 0 Å². The minimum absolute atomic E-state index is 0.00000541. The van der Waals surface area contributed by atoms with Crippen LogP contribution in [0.1, 0.15) is 58.3 Å². The molecule has 0 aromatic carbocycles. The molecule has 1 rings (SSSR count). The van der Waals surface area contributed by atoms with Gasteiger partial charge in [-0.05, 0) is 18.8 Å². The van der Waals surface area contributed by atoms with E-state index in [0.717, 1.165) is 25.7 Å². The zero-order chi connectivity index (χ0) is 13.4. The van der Waals surface area contributed by atoms with Gasteiger partial charge in [0.25, 0.3) is 0 Å². The lowest BCUT2D eigenvalue weighted by molar-refractivity contribution is -0.138. The molecule has 0 saturated heterocycles. The zero-order valence-electron chi connectivity index (χ0n) is 11.3. The number of rotatable bonds is 5. The van der Waals surface area contributed by atoms with Gasteiger partial charge >= 0.3 is 5.97 Å². The molecule has 1 saturated carbocycles. The quantitative estimate of drug-likeness (QED) is 0.793. The Morgan fingerprint density at radius 2 is 1.72 bits per heavy atom. The lowest BCUT2D eigenvalue weighted by atomic mass is 9.90. The second-order valence-corrected chi connectivity index (χ2v) is 5.49. The van der Waals surface area contributed by atoms with E-state index in [9.17, 15) is 9.59 Å². The van der Waals surface area contributed by atoms with E-state index in [1.165, 1.54) is 19.3 Å². The van der Waals surface area contributed by atoms with Gasteiger partial charge in [-0.2, -0.15) is 0 Å². The molecule has 0 aromatic heterocycles. The molecule has 1 amide bonds. The Balaban J connectivity index is 2.27. The fraction of sp³-hybridized carbons (Fsp3) is 0.857. The molecule has 0 aromatic rings. The summed E-state index contributed by atoms with van der Waals surface area (Å²) in [6, 6.07) is 0. The Labute approximate surface area is 109 Å². The topological polar surface area (TPSA) is 66.4 Å². The van der Waals surface area contributed by atoms with Crippen LogP contribution in [-0.4, -0.2) is 23.5 Å². The van der Waals surface area contributed by atoms with Crippen LogP contribution < -0.4 is 5.32 Å². The van der Waals surface area contributed by atoms with Crippen LogP contribution in [-0.2, 0) is 9.59 Å². The number of nitrogens with one attached hydrogen (secondary N) is 1. The Bertz CT molecular complexity index is 270. The number of carboxylic acids is 1. The number of carbonyl (C=O) groups excluding carboxylic acids is 1. The minimum atomic E-state index is -0.803. The molecule has 2 N–H and O–H groups in total. The van der Waals surface area contributed by atoms with Crippen molar-refractivity contribution in [2.75, 3.05) is 6.54 Å². The summed E-state index contributed by atoms with van der Waals surface area (Å²) in [5, 5.41) is 11.6. The fourth-order valence-electron chi connectivity index (χ4n) is 2.51. The molecule has 0 radical (unpaired) electrons. The first-order chi connectivity index (χ1) is 8.59. The first kappa shape index (κ1) is 15.0. The van der Waals surface area contributed by atoms with E-state index < -0.39 is 5.97 Å². The number of carbonyl (C=O) groups is 2. The first-order valence-corrected chi connectivity index (χ1v) is 7.09. The molecule has 1 unspecified atom stereocenters. The number of aliphatic carboxylic acids is 1. The van der Waals surface area contributed by atoms with Gasteiger partial charge in [-0.25, -0.2) is 0 Å². The Morgan fingerprint density at radius 3 is 2.28 bits per heavy atom. The second-order valence-electron chi connectivity index (χ2n) is 5.49. The Kier molecular flexibility index (Phi) is 6.76. The van der Waals surface area contributed by atoms with Gasteiger partial charge in [-0.1, -0.05) is 39.0 Å². The first-order valence-electron chi connectivity index (χ1n) is 7.09. The third-order valence-electron chi connectivity index (χ3n) is 3.62. The van der Waals surface area contributed by atoms with E-state index >= 15 is 0 Å². The predicted molar refractivity (Wildman–Crippen MR) is 70.2 cm³/mol. The maximum atomic E-state index is 12.0. The largest absolute Gasteiger partial charge is 0.481 e. The maximum Gasteiger partial charge on any atom is 0.303 e. The number of hydrogen-bond acceptors (Lipinski definition) is 2. The Morgan fingerprint density at radius 1 is 1.17 bits per heavy atom. The van der Waals surface area contributed by atoms with Crippen LogP contribution in [0, 0.1) is 11.8 Å². The highest BCUT2D eigenvalue weighted by atomic mass is 16.4. The molecule has 0 bridgehead atoms. The van der Waals surface area contributed by atoms with Crippen LogP contribution in [0.4, 0.5) is 0 Å². The number of carboxylic acid groups (broad SMARTS) is 1. The zero-order valence-corrected chi connectivity index (χ0v) is 11.3. The van der Waals surface area contributed by atoms with Crippen molar-refractivity contribution in [1.29, 1.82) is 0 Å². The van der Waals surface area contributed by atoms with Crippen molar-refractivity contribution >= 4 is 11.9 Å². The van der Waals surface area contributed by atoms with E-state index in [1.807, 2.05) is 6.92 Å². The molecule has 0 heterocycles. The van der Waals surface area contributed by atoms with E-state index in [0.29, 0.717) is 6.54 Å². The van der Waals surface area contributed by atoms with Gasteiger partial charge < -0.3 is 10.4 Å².